The Morgan fingerprint density at radius 1 is 1.09 bits per heavy atom. The molecule has 0 saturated carbocycles. The SMILES string of the molecule is C=C(NC(=O)C(=C)N1Cc2c(cccc2-c2ccc(NC(C)=O)cc2)C1=O)c1nc(C)ns1. The zero-order valence-electron chi connectivity index (χ0n) is 18.1. The molecule has 2 heterocycles. The average Bonchev–Trinajstić information content (AvgIpc) is 3.37. The summed E-state index contributed by atoms with van der Waals surface area (Å²) in [6.07, 6.45) is 0. The van der Waals surface area contributed by atoms with E-state index >= 15 is 0 Å². The summed E-state index contributed by atoms with van der Waals surface area (Å²) >= 11 is 1.13. The van der Waals surface area contributed by atoms with Crippen molar-refractivity contribution in [2.24, 2.45) is 0 Å². The van der Waals surface area contributed by atoms with Crippen LogP contribution in [0.2, 0.25) is 0 Å². The summed E-state index contributed by atoms with van der Waals surface area (Å²) in [5, 5.41) is 5.88. The van der Waals surface area contributed by atoms with Gasteiger partial charge in [-0.15, -0.1) is 0 Å². The number of fused-ring (bicyclic) bond motifs is 1. The van der Waals surface area contributed by atoms with Crippen LogP contribution in [0.3, 0.4) is 0 Å². The summed E-state index contributed by atoms with van der Waals surface area (Å²) in [6, 6.07) is 12.8. The molecule has 8 nitrogen and oxygen atoms in total. The number of nitrogens with one attached hydrogen (secondary N) is 2. The van der Waals surface area contributed by atoms with E-state index in [1.807, 2.05) is 18.2 Å². The summed E-state index contributed by atoms with van der Waals surface area (Å²) in [5.74, 6) is -0.383. The number of amides is 3. The second-order valence-electron chi connectivity index (χ2n) is 7.51. The fraction of sp³-hybridized carbons (Fsp3) is 0.125. The van der Waals surface area contributed by atoms with Crippen LogP contribution >= 0.6 is 11.5 Å². The van der Waals surface area contributed by atoms with Crippen molar-refractivity contribution in [2.75, 3.05) is 5.32 Å². The van der Waals surface area contributed by atoms with E-state index in [1.54, 1.807) is 31.2 Å². The van der Waals surface area contributed by atoms with Crippen LogP contribution in [0.1, 0.15) is 33.7 Å². The third kappa shape index (κ3) is 4.44. The average molecular weight is 460 g/mol. The number of aryl methyl sites for hydroxylation is 1. The van der Waals surface area contributed by atoms with Gasteiger partial charge in [-0.1, -0.05) is 37.4 Å². The molecular formula is C24H21N5O3S. The zero-order chi connectivity index (χ0) is 23.7. The van der Waals surface area contributed by atoms with Crippen LogP contribution in [0.25, 0.3) is 16.8 Å². The van der Waals surface area contributed by atoms with Crippen LogP contribution in [0.15, 0.2) is 61.3 Å². The molecular weight excluding hydrogens is 438 g/mol. The van der Waals surface area contributed by atoms with Crippen molar-refractivity contribution in [3.05, 3.63) is 83.3 Å². The Labute approximate surface area is 194 Å². The number of benzene rings is 2. The van der Waals surface area contributed by atoms with Gasteiger partial charge in [-0.05, 0) is 53.3 Å². The second kappa shape index (κ2) is 8.79. The van der Waals surface area contributed by atoms with E-state index in [0.29, 0.717) is 27.8 Å². The predicted octanol–water partition coefficient (Wildman–Crippen LogP) is 3.73. The minimum Gasteiger partial charge on any atom is -0.326 e. The number of hydrogen-bond acceptors (Lipinski definition) is 6. The Bertz CT molecular complexity index is 1310. The molecule has 166 valence electrons. The highest BCUT2D eigenvalue weighted by Gasteiger charge is 2.33. The lowest BCUT2D eigenvalue weighted by atomic mass is 9.97. The van der Waals surface area contributed by atoms with Gasteiger partial charge in [-0.25, -0.2) is 4.98 Å². The first-order valence-electron chi connectivity index (χ1n) is 10.1. The highest BCUT2D eigenvalue weighted by molar-refractivity contribution is 7.06. The lowest BCUT2D eigenvalue weighted by molar-refractivity contribution is -0.117. The smallest absolute Gasteiger partial charge is 0.271 e. The molecule has 4 rings (SSSR count). The molecule has 2 N–H and O–H groups in total. The number of nitrogens with zero attached hydrogens (tertiary/aromatic N) is 3. The van der Waals surface area contributed by atoms with E-state index in [-0.39, 0.29) is 24.1 Å². The third-order valence-corrected chi connectivity index (χ3v) is 5.99. The van der Waals surface area contributed by atoms with E-state index in [2.05, 4.69) is 33.1 Å². The minimum absolute atomic E-state index is 0.0190. The molecule has 3 aromatic rings. The van der Waals surface area contributed by atoms with Crippen LogP contribution in [-0.4, -0.2) is 32.0 Å². The number of carbonyl (C=O) groups is 3. The van der Waals surface area contributed by atoms with Crippen molar-refractivity contribution >= 4 is 40.6 Å². The van der Waals surface area contributed by atoms with Crippen LogP contribution in [0.5, 0.6) is 0 Å². The molecule has 1 aliphatic rings. The van der Waals surface area contributed by atoms with E-state index in [1.165, 1.54) is 11.8 Å². The summed E-state index contributed by atoms with van der Waals surface area (Å²) in [6.45, 7) is 11.1. The van der Waals surface area contributed by atoms with Crippen molar-refractivity contribution in [1.82, 2.24) is 19.6 Å². The lowest BCUT2D eigenvalue weighted by Gasteiger charge is -2.18. The first-order valence-corrected chi connectivity index (χ1v) is 10.8. The molecule has 0 atom stereocenters. The maximum absolute atomic E-state index is 13.1. The Hall–Kier alpha value is -4.11. The number of rotatable bonds is 6. The molecule has 0 spiro atoms. The Morgan fingerprint density at radius 3 is 2.42 bits per heavy atom. The van der Waals surface area contributed by atoms with Gasteiger partial charge in [0.1, 0.15) is 11.5 Å². The van der Waals surface area contributed by atoms with Gasteiger partial charge < -0.3 is 10.6 Å². The molecule has 2 aromatic carbocycles. The quantitative estimate of drug-likeness (QED) is 0.547. The number of hydrogen-bond donors (Lipinski definition) is 2. The van der Waals surface area contributed by atoms with Crippen LogP contribution in [-0.2, 0) is 16.1 Å². The summed E-state index contributed by atoms with van der Waals surface area (Å²) in [4.78, 5) is 42.6. The van der Waals surface area contributed by atoms with Gasteiger partial charge in [0.15, 0.2) is 5.01 Å². The van der Waals surface area contributed by atoms with E-state index in [4.69, 9.17) is 0 Å². The maximum Gasteiger partial charge on any atom is 0.271 e. The summed E-state index contributed by atoms with van der Waals surface area (Å²) in [5.41, 5.74) is 4.10. The van der Waals surface area contributed by atoms with Crippen molar-refractivity contribution < 1.29 is 14.4 Å². The van der Waals surface area contributed by atoms with Crippen molar-refractivity contribution in [2.45, 2.75) is 20.4 Å². The van der Waals surface area contributed by atoms with Gasteiger partial charge >= 0.3 is 0 Å². The third-order valence-electron chi connectivity index (χ3n) is 5.12. The topological polar surface area (TPSA) is 104 Å². The van der Waals surface area contributed by atoms with Gasteiger partial charge in [-0.2, -0.15) is 4.37 Å². The molecule has 1 aromatic heterocycles. The first kappa shape index (κ1) is 22.1. The van der Waals surface area contributed by atoms with Crippen molar-refractivity contribution in [3.8, 4) is 11.1 Å². The van der Waals surface area contributed by atoms with E-state index < -0.39 is 5.91 Å². The van der Waals surface area contributed by atoms with Gasteiger partial charge in [-0.3, -0.25) is 19.3 Å². The van der Waals surface area contributed by atoms with Crippen LogP contribution in [0.4, 0.5) is 5.69 Å². The van der Waals surface area contributed by atoms with Gasteiger partial charge in [0.25, 0.3) is 11.8 Å². The largest absolute Gasteiger partial charge is 0.326 e. The molecule has 0 radical (unpaired) electrons. The molecule has 33 heavy (non-hydrogen) atoms. The highest BCUT2D eigenvalue weighted by atomic mass is 32.1. The predicted molar refractivity (Wildman–Crippen MR) is 127 cm³/mol. The maximum atomic E-state index is 13.1. The summed E-state index contributed by atoms with van der Waals surface area (Å²) < 4.78 is 4.08. The fourth-order valence-corrected chi connectivity index (χ4v) is 4.16. The van der Waals surface area contributed by atoms with E-state index in [0.717, 1.165) is 28.2 Å². The van der Waals surface area contributed by atoms with Crippen LogP contribution < -0.4 is 10.6 Å². The molecule has 9 heteroatoms. The monoisotopic (exact) mass is 459 g/mol. The summed E-state index contributed by atoms with van der Waals surface area (Å²) in [7, 11) is 0. The van der Waals surface area contributed by atoms with Crippen molar-refractivity contribution in [1.29, 1.82) is 0 Å². The lowest BCUT2D eigenvalue weighted by Crippen LogP contribution is -2.33. The Balaban J connectivity index is 1.53. The number of carbonyl (C=O) groups excluding carboxylic acids is 3. The second-order valence-corrected chi connectivity index (χ2v) is 8.26. The standard InChI is InChI=1S/C24H21N5O3S/c1-13(23-26-15(3)28-33-23)25-22(31)14(2)29-12-21-19(6-5-7-20(21)24(29)32)17-8-10-18(11-9-17)27-16(4)30/h5-11H,1-2,12H2,3-4H3,(H,25,31)(H,27,30). The molecule has 0 aliphatic carbocycles. The molecule has 0 saturated heterocycles. The highest BCUT2D eigenvalue weighted by Crippen LogP contribution is 2.34. The molecule has 3 amide bonds. The van der Waals surface area contributed by atoms with Gasteiger partial charge in [0.2, 0.25) is 5.91 Å². The van der Waals surface area contributed by atoms with Crippen LogP contribution in [0, 0.1) is 6.92 Å². The molecule has 1 aliphatic heterocycles. The number of anilines is 1. The van der Waals surface area contributed by atoms with Gasteiger partial charge in [0, 0.05) is 18.2 Å². The first-order chi connectivity index (χ1) is 15.7. The molecule has 0 fully saturated rings. The van der Waals surface area contributed by atoms with Gasteiger partial charge in [0.05, 0.1) is 12.2 Å². The molecule has 0 unspecified atom stereocenters. The minimum atomic E-state index is -0.532. The Morgan fingerprint density at radius 2 is 1.79 bits per heavy atom. The molecule has 0 bridgehead atoms. The Kier molecular flexibility index (Phi) is 5.89. The fourth-order valence-electron chi connectivity index (χ4n) is 3.56. The normalized spacial score (nSPS) is 12.3. The van der Waals surface area contributed by atoms with Crippen molar-refractivity contribution in [3.63, 3.8) is 0 Å². The zero-order valence-corrected chi connectivity index (χ0v) is 19.0. The number of aromatic nitrogens is 2. The van der Waals surface area contributed by atoms with E-state index in [9.17, 15) is 14.4 Å².